The van der Waals surface area contributed by atoms with Crippen molar-refractivity contribution >= 4 is 34.6 Å². The number of carboxylic acids is 1. The van der Waals surface area contributed by atoms with E-state index in [1.54, 1.807) is 24.5 Å². The Balaban J connectivity index is 2.04. The number of aromatic carboxylic acids is 1. The van der Waals surface area contributed by atoms with E-state index in [0.29, 0.717) is 23.5 Å². The van der Waals surface area contributed by atoms with Crippen molar-refractivity contribution in [2.45, 2.75) is 20.4 Å². The molecule has 0 saturated heterocycles. The number of imidazole rings is 1. The second-order valence-corrected chi connectivity index (χ2v) is 5.88. The van der Waals surface area contributed by atoms with E-state index in [1.165, 1.54) is 0 Å². The standard InChI is InChI=1S/C17H18ClN5O2/c1-3-22(4-2)14-13-15(21-17(18)20-14)23(10-19-13)9-11-6-5-7-12(8-11)16(24)25/h5-8,10H,3-4,9H2,1-2H3,(H,24,25). The van der Waals surface area contributed by atoms with E-state index < -0.39 is 5.97 Å². The van der Waals surface area contributed by atoms with Crippen molar-refractivity contribution in [2.75, 3.05) is 18.0 Å². The van der Waals surface area contributed by atoms with Crippen molar-refractivity contribution in [3.8, 4) is 0 Å². The predicted octanol–water partition coefficient (Wildman–Crippen LogP) is 3.07. The van der Waals surface area contributed by atoms with E-state index in [4.69, 9.17) is 16.7 Å². The molecule has 0 fully saturated rings. The molecule has 0 unspecified atom stereocenters. The number of rotatable bonds is 6. The number of halogens is 1. The summed E-state index contributed by atoms with van der Waals surface area (Å²) in [6.07, 6.45) is 1.68. The summed E-state index contributed by atoms with van der Waals surface area (Å²) >= 11 is 6.11. The van der Waals surface area contributed by atoms with Gasteiger partial charge in [-0.25, -0.2) is 9.78 Å². The molecule has 3 rings (SSSR count). The summed E-state index contributed by atoms with van der Waals surface area (Å²) in [5.41, 5.74) is 2.40. The lowest BCUT2D eigenvalue weighted by molar-refractivity contribution is 0.0696. The van der Waals surface area contributed by atoms with Crippen molar-refractivity contribution in [2.24, 2.45) is 0 Å². The zero-order chi connectivity index (χ0) is 18.0. The molecule has 0 bridgehead atoms. The van der Waals surface area contributed by atoms with Crippen LogP contribution in [0.25, 0.3) is 11.2 Å². The van der Waals surface area contributed by atoms with Crippen LogP contribution >= 0.6 is 11.6 Å². The number of carbonyl (C=O) groups is 1. The van der Waals surface area contributed by atoms with Crippen molar-refractivity contribution in [3.05, 3.63) is 47.0 Å². The van der Waals surface area contributed by atoms with Crippen molar-refractivity contribution in [1.82, 2.24) is 19.5 Å². The van der Waals surface area contributed by atoms with Gasteiger partial charge in [-0.2, -0.15) is 9.97 Å². The third-order valence-electron chi connectivity index (χ3n) is 4.01. The van der Waals surface area contributed by atoms with Crippen LogP contribution in [0, 0.1) is 0 Å². The zero-order valence-corrected chi connectivity index (χ0v) is 14.7. The maximum atomic E-state index is 11.1. The average molecular weight is 360 g/mol. The van der Waals surface area contributed by atoms with E-state index in [9.17, 15) is 4.79 Å². The second-order valence-electron chi connectivity index (χ2n) is 5.54. The highest BCUT2D eigenvalue weighted by molar-refractivity contribution is 6.28. The molecule has 25 heavy (non-hydrogen) atoms. The molecule has 2 heterocycles. The Morgan fingerprint density at radius 1 is 1.28 bits per heavy atom. The number of benzene rings is 1. The summed E-state index contributed by atoms with van der Waals surface area (Å²) in [5, 5.41) is 9.29. The zero-order valence-electron chi connectivity index (χ0n) is 14.0. The molecule has 1 N–H and O–H groups in total. The van der Waals surface area contributed by atoms with Crippen molar-refractivity contribution < 1.29 is 9.90 Å². The van der Waals surface area contributed by atoms with Gasteiger partial charge in [-0.05, 0) is 43.1 Å². The number of hydrogen-bond donors (Lipinski definition) is 1. The van der Waals surface area contributed by atoms with Crippen LogP contribution in [0.4, 0.5) is 5.82 Å². The summed E-state index contributed by atoms with van der Waals surface area (Å²) < 4.78 is 1.84. The number of hydrogen-bond acceptors (Lipinski definition) is 5. The van der Waals surface area contributed by atoms with Crippen LogP contribution in [-0.4, -0.2) is 43.7 Å². The van der Waals surface area contributed by atoms with E-state index in [0.717, 1.165) is 18.7 Å². The normalized spacial score (nSPS) is 11.0. The monoisotopic (exact) mass is 359 g/mol. The highest BCUT2D eigenvalue weighted by atomic mass is 35.5. The molecule has 0 atom stereocenters. The van der Waals surface area contributed by atoms with Gasteiger partial charge < -0.3 is 14.6 Å². The van der Waals surface area contributed by atoms with Gasteiger partial charge in [0.2, 0.25) is 5.28 Å². The number of anilines is 1. The third-order valence-corrected chi connectivity index (χ3v) is 4.18. The van der Waals surface area contributed by atoms with Crippen LogP contribution in [-0.2, 0) is 6.54 Å². The predicted molar refractivity (Wildman–Crippen MR) is 96.4 cm³/mol. The average Bonchev–Trinajstić information content (AvgIpc) is 2.99. The minimum Gasteiger partial charge on any atom is -0.478 e. The first-order chi connectivity index (χ1) is 12.0. The van der Waals surface area contributed by atoms with E-state index in [-0.39, 0.29) is 10.8 Å². The highest BCUT2D eigenvalue weighted by Crippen LogP contribution is 2.24. The Bertz CT molecular complexity index is 921. The summed E-state index contributed by atoms with van der Waals surface area (Å²) in [4.78, 5) is 26.3. The van der Waals surface area contributed by atoms with Gasteiger partial charge in [0.1, 0.15) is 0 Å². The molecular formula is C17H18ClN5O2. The first kappa shape index (κ1) is 17.2. The number of nitrogens with zero attached hydrogens (tertiary/aromatic N) is 5. The largest absolute Gasteiger partial charge is 0.478 e. The fourth-order valence-electron chi connectivity index (χ4n) is 2.76. The summed E-state index contributed by atoms with van der Waals surface area (Å²) in [7, 11) is 0. The van der Waals surface area contributed by atoms with Gasteiger partial charge in [0, 0.05) is 13.1 Å². The van der Waals surface area contributed by atoms with Crippen LogP contribution in [0.1, 0.15) is 29.8 Å². The Kier molecular flexibility index (Phi) is 4.85. The minimum atomic E-state index is -0.952. The molecule has 0 spiro atoms. The Hall–Kier alpha value is -2.67. The fraction of sp³-hybridized carbons (Fsp3) is 0.294. The lowest BCUT2D eigenvalue weighted by Crippen LogP contribution is -2.23. The lowest BCUT2D eigenvalue weighted by atomic mass is 10.1. The first-order valence-corrected chi connectivity index (χ1v) is 8.36. The quantitative estimate of drug-likeness (QED) is 0.681. The molecule has 0 amide bonds. The number of fused-ring (bicyclic) bond motifs is 1. The topological polar surface area (TPSA) is 84.1 Å². The Labute approximate surface area is 149 Å². The molecule has 7 nitrogen and oxygen atoms in total. The molecule has 0 aliphatic heterocycles. The van der Waals surface area contributed by atoms with Gasteiger partial charge in [-0.15, -0.1) is 0 Å². The molecule has 0 aliphatic rings. The Morgan fingerprint density at radius 3 is 2.72 bits per heavy atom. The minimum absolute atomic E-state index is 0.162. The number of aromatic nitrogens is 4. The van der Waals surface area contributed by atoms with E-state index in [2.05, 4.69) is 19.9 Å². The highest BCUT2D eigenvalue weighted by Gasteiger charge is 2.16. The van der Waals surface area contributed by atoms with Gasteiger partial charge in [0.05, 0.1) is 18.4 Å². The molecule has 130 valence electrons. The van der Waals surface area contributed by atoms with Crippen LogP contribution in [0.5, 0.6) is 0 Å². The lowest BCUT2D eigenvalue weighted by Gasteiger charge is -2.19. The number of carboxylic acid groups (broad SMARTS) is 1. The van der Waals surface area contributed by atoms with E-state index in [1.807, 2.05) is 24.5 Å². The maximum absolute atomic E-state index is 11.1. The SMILES string of the molecule is CCN(CC)c1nc(Cl)nc2c1ncn2Cc1cccc(C(=O)O)c1. The molecule has 3 aromatic rings. The van der Waals surface area contributed by atoms with Crippen LogP contribution in [0.2, 0.25) is 5.28 Å². The molecule has 0 aliphatic carbocycles. The third kappa shape index (κ3) is 3.41. The van der Waals surface area contributed by atoms with Gasteiger partial charge in [-0.1, -0.05) is 12.1 Å². The van der Waals surface area contributed by atoms with Gasteiger partial charge in [0.15, 0.2) is 17.0 Å². The van der Waals surface area contributed by atoms with Crippen LogP contribution < -0.4 is 4.90 Å². The van der Waals surface area contributed by atoms with Crippen LogP contribution in [0.3, 0.4) is 0 Å². The van der Waals surface area contributed by atoms with Crippen molar-refractivity contribution in [3.63, 3.8) is 0 Å². The second kappa shape index (κ2) is 7.06. The van der Waals surface area contributed by atoms with Gasteiger partial charge >= 0.3 is 5.97 Å². The first-order valence-electron chi connectivity index (χ1n) is 7.99. The molecular weight excluding hydrogens is 342 g/mol. The van der Waals surface area contributed by atoms with Crippen LogP contribution in [0.15, 0.2) is 30.6 Å². The van der Waals surface area contributed by atoms with Gasteiger partial charge in [0.25, 0.3) is 0 Å². The fourth-order valence-corrected chi connectivity index (χ4v) is 2.92. The summed E-state index contributed by atoms with van der Waals surface area (Å²) in [6.45, 7) is 6.10. The molecule has 2 aromatic heterocycles. The smallest absolute Gasteiger partial charge is 0.335 e. The van der Waals surface area contributed by atoms with E-state index >= 15 is 0 Å². The maximum Gasteiger partial charge on any atom is 0.335 e. The summed E-state index contributed by atoms with van der Waals surface area (Å²) in [6, 6.07) is 6.80. The van der Waals surface area contributed by atoms with Crippen molar-refractivity contribution in [1.29, 1.82) is 0 Å². The van der Waals surface area contributed by atoms with Gasteiger partial charge in [-0.3, -0.25) is 0 Å². The molecule has 0 saturated carbocycles. The molecule has 0 radical (unpaired) electrons. The summed E-state index contributed by atoms with van der Waals surface area (Å²) in [5.74, 6) is -0.246. The molecule has 8 heteroatoms. The molecule has 1 aromatic carbocycles. The Morgan fingerprint density at radius 2 is 2.04 bits per heavy atom.